The van der Waals surface area contributed by atoms with Gasteiger partial charge in [0.15, 0.2) is 0 Å². The van der Waals surface area contributed by atoms with E-state index in [1.807, 2.05) is 6.07 Å². The first-order valence-corrected chi connectivity index (χ1v) is 5.19. The van der Waals surface area contributed by atoms with E-state index in [-0.39, 0.29) is 5.75 Å². The second-order valence-corrected chi connectivity index (χ2v) is 3.53. The normalized spacial score (nSPS) is 10.6. The first-order chi connectivity index (χ1) is 7.81. The highest BCUT2D eigenvalue weighted by Gasteiger charge is 2.06. The third-order valence-corrected chi connectivity index (χ3v) is 2.33. The van der Waals surface area contributed by atoms with Gasteiger partial charge in [0.1, 0.15) is 5.75 Å². The van der Waals surface area contributed by atoms with Crippen molar-refractivity contribution in [1.29, 1.82) is 0 Å². The van der Waals surface area contributed by atoms with E-state index in [1.54, 1.807) is 29.1 Å². The molecule has 1 aromatic carbocycles. The summed E-state index contributed by atoms with van der Waals surface area (Å²) >= 11 is 0. The molecule has 5 heteroatoms. The predicted octanol–water partition coefficient (Wildman–Crippen LogP) is 0.999. The van der Waals surface area contributed by atoms with E-state index in [2.05, 4.69) is 10.3 Å². The Labute approximate surface area is 93.5 Å². The van der Waals surface area contributed by atoms with Crippen molar-refractivity contribution in [3.8, 4) is 17.0 Å². The van der Waals surface area contributed by atoms with Gasteiger partial charge in [0.2, 0.25) is 0 Å². The Morgan fingerprint density at radius 3 is 3.00 bits per heavy atom. The molecule has 0 aliphatic rings. The summed E-state index contributed by atoms with van der Waals surface area (Å²) in [4.78, 5) is 0. The Balaban J connectivity index is 2.29. The van der Waals surface area contributed by atoms with Crippen molar-refractivity contribution in [2.24, 2.45) is 5.73 Å². The van der Waals surface area contributed by atoms with Crippen LogP contribution in [0, 0.1) is 0 Å². The van der Waals surface area contributed by atoms with Crippen molar-refractivity contribution in [1.82, 2.24) is 15.0 Å². The molecule has 0 amide bonds. The van der Waals surface area contributed by atoms with Crippen molar-refractivity contribution in [2.75, 3.05) is 6.54 Å². The van der Waals surface area contributed by atoms with E-state index in [4.69, 9.17) is 5.73 Å². The van der Waals surface area contributed by atoms with Crippen LogP contribution in [0.3, 0.4) is 0 Å². The number of hydrogen-bond acceptors (Lipinski definition) is 4. The average molecular weight is 218 g/mol. The molecule has 0 unspecified atom stereocenters. The molecule has 1 aromatic heterocycles. The highest BCUT2D eigenvalue weighted by molar-refractivity contribution is 5.60. The lowest BCUT2D eigenvalue weighted by atomic mass is 10.1. The number of rotatable bonds is 4. The van der Waals surface area contributed by atoms with Gasteiger partial charge in [-0.25, -0.2) is 4.68 Å². The molecule has 5 nitrogen and oxygen atoms in total. The minimum Gasteiger partial charge on any atom is -0.508 e. The maximum Gasteiger partial charge on any atom is 0.116 e. The van der Waals surface area contributed by atoms with Gasteiger partial charge in [-0.15, -0.1) is 5.10 Å². The molecule has 2 aromatic rings. The lowest BCUT2D eigenvalue weighted by molar-refractivity contribution is 0.475. The van der Waals surface area contributed by atoms with E-state index >= 15 is 0 Å². The Kier molecular flexibility index (Phi) is 3.16. The summed E-state index contributed by atoms with van der Waals surface area (Å²) in [6, 6.07) is 7.04. The van der Waals surface area contributed by atoms with E-state index in [1.165, 1.54) is 0 Å². The topological polar surface area (TPSA) is 77.0 Å². The fourth-order valence-corrected chi connectivity index (χ4v) is 1.55. The van der Waals surface area contributed by atoms with Gasteiger partial charge in [-0.1, -0.05) is 17.3 Å². The third kappa shape index (κ3) is 2.20. The Hall–Kier alpha value is -1.88. The number of nitrogens with two attached hydrogens (primary N) is 1. The van der Waals surface area contributed by atoms with Crippen LogP contribution in [-0.4, -0.2) is 26.6 Å². The predicted molar refractivity (Wildman–Crippen MR) is 60.8 cm³/mol. The molecule has 0 atom stereocenters. The van der Waals surface area contributed by atoms with Crippen LogP contribution in [0.5, 0.6) is 5.75 Å². The van der Waals surface area contributed by atoms with E-state index in [0.717, 1.165) is 24.2 Å². The van der Waals surface area contributed by atoms with Crippen LogP contribution >= 0.6 is 0 Å². The quantitative estimate of drug-likeness (QED) is 0.802. The second kappa shape index (κ2) is 4.76. The highest BCUT2D eigenvalue weighted by Crippen LogP contribution is 2.22. The molecule has 16 heavy (non-hydrogen) atoms. The molecule has 0 aliphatic carbocycles. The number of aryl methyl sites for hydroxylation is 1. The summed E-state index contributed by atoms with van der Waals surface area (Å²) in [7, 11) is 0. The van der Waals surface area contributed by atoms with Crippen LogP contribution in [-0.2, 0) is 6.54 Å². The van der Waals surface area contributed by atoms with Crippen molar-refractivity contribution < 1.29 is 5.11 Å². The van der Waals surface area contributed by atoms with Crippen LogP contribution < -0.4 is 5.73 Å². The van der Waals surface area contributed by atoms with E-state index < -0.39 is 0 Å². The number of aromatic nitrogens is 3. The van der Waals surface area contributed by atoms with Gasteiger partial charge < -0.3 is 10.8 Å². The Morgan fingerprint density at radius 2 is 2.25 bits per heavy atom. The zero-order valence-corrected chi connectivity index (χ0v) is 8.87. The van der Waals surface area contributed by atoms with Crippen LogP contribution in [0.25, 0.3) is 11.3 Å². The number of phenolic OH excluding ortho intramolecular Hbond substituents is 1. The lowest BCUT2D eigenvalue weighted by Gasteiger charge is -2.05. The minimum absolute atomic E-state index is 0.240. The molecule has 0 fully saturated rings. The summed E-state index contributed by atoms with van der Waals surface area (Å²) < 4.78 is 1.79. The van der Waals surface area contributed by atoms with Gasteiger partial charge in [0, 0.05) is 12.1 Å². The molecule has 0 radical (unpaired) electrons. The molecule has 2 rings (SSSR count). The Bertz CT molecular complexity index is 467. The molecule has 3 N–H and O–H groups in total. The summed E-state index contributed by atoms with van der Waals surface area (Å²) in [5.74, 6) is 0.240. The summed E-state index contributed by atoms with van der Waals surface area (Å²) in [6.45, 7) is 1.36. The molecular weight excluding hydrogens is 204 g/mol. The molecule has 0 bridgehead atoms. The fraction of sp³-hybridized carbons (Fsp3) is 0.273. The van der Waals surface area contributed by atoms with Gasteiger partial charge in [-0.2, -0.15) is 0 Å². The molecule has 0 saturated carbocycles. The largest absolute Gasteiger partial charge is 0.508 e. The Morgan fingerprint density at radius 1 is 1.38 bits per heavy atom. The molecule has 0 saturated heterocycles. The third-order valence-electron chi connectivity index (χ3n) is 2.33. The maximum absolute atomic E-state index is 9.41. The fourth-order valence-electron chi connectivity index (χ4n) is 1.55. The van der Waals surface area contributed by atoms with Gasteiger partial charge in [-0.3, -0.25) is 0 Å². The smallest absolute Gasteiger partial charge is 0.116 e. The average Bonchev–Trinajstić information content (AvgIpc) is 2.74. The number of nitrogens with zero attached hydrogens (tertiary/aromatic N) is 3. The van der Waals surface area contributed by atoms with Gasteiger partial charge in [0.05, 0.1) is 11.9 Å². The molecule has 0 spiro atoms. The number of phenols is 1. The molecule has 0 aliphatic heterocycles. The van der Waals surface area contributed by atoms with Gasteiger partial charge in [0.25, 0.3) is 0 Å². The zero-order valence-electron chi connectivity index (χ0n) is 8.87. The van der Waals surface area contributed by atoms with Gasteiger partial charge in [-0.05, 0) is 25.1 Å². The van der Waals surface area contributed by atoms with Crippen molar-refractivity contribution in [2.45, 2.75) is 13.0 Å². The van der Waals surface area contributed by atoms with E-state index in [0.29, 0.717) is 6.54 Å². The SMILES string of the molecule is NCCCn1nncc1-c1cccc(O)c1. The number of aromatic hydroxyl groups is 1. The van der Waals surface area contributed by atoms with Crippen LogP contribution in [0.2, 0.25) is 0 Å². The zero-order chi connectivity index (χ0) is 11.4. The lowest BCUT2D eigenvalue weighted by Crippen LogP contribution is -2.08. The highest BCUT2D eigenvalue weighted by atomic mass is 16.3. The minimum atomic E-state index is 0.240. The second-order valence-electron chi connectivity index (χ2n) is 3.53. The van der Waals surface area contributed by atoms with E-state index in [9.17, 15) is 5.11 Å². The summed E-state index contributed by atoms with van der Waals surface area (Å²) in [5.41, 5.74) is 7.25. The van der Waals surface area contributed by atoms with Gasteiger partial charge >= 0.3 is 0 Å². The maximum atomic E-state index is 9.41. The number of benzene rings is 1. The van der Waals surface area contributed by atoms with Crippen LogP contribution in [0.15, 0.2) is 30.5 Å². The molecular formula is C11H14N4O. The monoisotopic (exact) mass is 218 g/mol. The number of hydrogen-bond donors (Lipinski definition) is 2. The summed E-state index contributed by atoms with van der Waals surface area (Å²) in [6.07, 6.45) is 2.54. The van der Waals surface area contributed by atoms with Crippen molar-refractivity contribution in [3.63, 3.8) is 0 Å². The summed E-state index contributed by atoms with van der Waals surface area (Å²) in [5, 5.41) is 17.3. The molecule has 1 heterocycles. The standard InChI is InChI=1S/C11H14N4O/c12-5-2-6-15-11(8-13-14-15)9-3-1-4-10(16)7-9/h1,3-4,7-8,16H,2,5-6,12H2. The van der Waals surface area contributed by atoms with Crippen LogP contribution in [0.1, 0.15) is 6.42 Å². The van der Waals surface area contributed by atoms with Crippen LogP contribution in [0.4, 0.5) is 0 Å². The first kappa shape index (κ1) is 10.6. The van der Waals surface area contributed by atoms with Crippen molar-refractivity contribution >= 4 is 0 Å². The first-order valence-electron chi connectivity index (χ1n) is 5.19. The molecule has 84 valence electrons. The van der Waals surface area contributed by atoms with Crippen molar-refractivity contribution in [3.05, 3.63) is 30.5 Å².